The number of ether oxygens (including phenoxy) is 1. The Morgan fingerprint density at radius 2 is 1.83 bits per heavy atom. The van der Waals surface area contributed by atoms with Gasteiger partial charge in [-0.25, -0.2) is 9.97 Å². The second kappa shape index (κ2) is 7.14. The van der Waals surface area contributed by atoms with Gasteiger partial charge in [-0.2, -0.15) is 0 Å². The topological polar surface area (TPSA) is 85.1 Å². The van der Waals surface area contributed by atoms with Crippen LogP contribution in [0.5, 0.6) is 0 Å². The van der Waals surface area contributed by atoms with Crippen LogP contribution in [0.3, 0.4) is 0 Å². The first-order valence-corrected chi connectivity index (χ1v) is 7.79. The lowest BCUT2D eigenvalue weighted by molar-refractivity contribution is 0.190. The number of nitrogens with zero attached hydrogens (tertiary/aromatic N) is 2. The molecule has 24 heavy (non-hydrogen) atoms. The monoisotopic (exact) mass is 323 g/mol. The number of nitrogens with two attached hydrogens (primary N) is 1. The number of rotatable bonds is 6. The Hall–Kier alpha value is -2.86. The first-order valence-electron chi connectivity index (χ1n) is 7.79. The Morgan fingerprint density at radius 1 is 1.08 bits per heavy atom. The Morgan fingerprint density at radius 3 is 2.67 bits per heavy atom. The third-order valence-electron chi connectivity index (χ3n) is 3.73. The summed E-state index contributed by atoms with van der Waals surface area (Å²) in [6.45, 7) is 2.57. The largest absolute Gasteiger partial charge is 0.393 e. The molecule has 3 rings (SSSR count). The van der Waals surface area contributed by atoms with Gasteiger partial charge in [0.15, 0.2) is 11.6 Å². The van der Waals surface area contributed by atoms with E-state index < -0.39 is 0 Å². The number of hydrogen-bond acceptors (Lipinski definition) is 6. The van der Waals surface area contributed by atoms with Crippen LogP contribution in [0.2, 0.25) is 0 Å². The van der Waals surface area contributed by atoms with Crippen LogP contribution in [0.15, 0.2) is 48.8 Å². The van der Waals surface area contributed by atoms with Crippen molar-refractivity contribution in [3.63, 3.8) is 0 Å². The lowest BCUT2D eigenvalue weighted by Crippen LogP contribution is -2.22. The highest BCUT2D eigenvalue weighted by atomic mass is 16.5. The molecule has 0 amide bonds. The van der Waals surface area contributed by atoms with Crippen molar-refractivity contribution >= 4 is 33.8 Å². The van der Waals surface area contributed by atoms with Gasteiger partial charge in [-0.15, -0.1) is 0 Å². The summed E-state index contributed by atoms with van der Waals surface area (Å²) in [7, 11) is 1.66. The average Bonchev–Trinajstić information content (AvgIpc) is 2.59. The van der Waals surface area contributed by atoms with Crippen LogP contribution in [-0.2, 0) is 4.74 Å². The summed E-state index contributed by atoms with van der Waals surface area (Å²) >= 11 is 0. The molecule has 0 aliphatic rings. The zero-order valence-electron chi connectivity index (χ0n) is 13.8. The van der Waals surface area contributed by atoms with Crippen LogP contribution >= 0.6 is 0 Å². The maximum absolute atomic E-state index is 6.23. The summed E-state index contributed by atoms with van der Waals surface area (Å²) in [5.41, 5.74) is 7.66. The minimum Gasteiger partial charge on any atom is -0.393 e. The molecule has 3 aromatic rings. The maximum Gasteiger partial charge on any atom is 0.159 e. The highest BCUT2D eigenvalue weighted by Crippen LogP contribution is 2.30. The van der Waals surface area contributed by atoms with E-state index in [1.165, 1.54) is 6.33 Å². The van der Waals surface area contributed by atoms with Gasteiger partial charge in [0, 0.05) is 24.2 Å². The van der Waals surface area contributed by atoms with Crippen LogP contribution in [0.4, 0.5) is 23.0 Å². The Bertz CT molecular complexity index is 831. The molecule has 0 aliphatic carbocycles. The molecule has 6 heteroatoms. The summed E-state index contributed by atoms with van der Waals surface area (Å²) in [5.74, 6) is 1.17. The van der Waals surface area contributed by atoms with Gasteiger partial charge >= 0.3 is 0 Å². The predicted molar refractivity (Wildman–Crippen MR) is 98.6 cm³/mol. The van der Waals surface area contributed by atoms with Gasteiger partial charge in [0.25, 0.3) is 0 Å². The van der Waals surface area contributed by atoms with Crippen molar-refractivity contribution < 1.29 is 4.74 Å². The van der Waals surface area contributed by atoms with Crippen LogP contribution in [0, 0.1) is 0 Å². The number of benzene rings is 2. The lowest BCUT2D eigenvalue weighted by atomic mass is 10.1. The van der Waals surface area contributed by atoms with Crippen molar-refractivity contribution in [2.75, 3.05) is 30.1 Å². The quantitative estimate of drug-likeness (QED) is 0.644. The molecule has 0 radical (unpaired) electrons. The maximum atomic E-state index is 6.23. The van der Waals surface area contributed by atoms with Crippen molar-refractivity contribution in [2.45, 2.75) is 13.0 Å². The highest BCUT2D eigenvalue weighted by Gasteiger charge is 2.11. The number of hydrogen-bond donors (Lipinski definition) is 3. The minimum absolute atomic E-state index is 0.0950. The SMILES string of the molecule is COCC(C)Nc1ncnc(Nc2cccc3ccccc23)c1N. The third kappa shape index (κ3) is 3.38. The molecule has 2 aromatic carbocycles. The second-order valence-corrected chi connectivity index (χ2v) is 5.64. The van der Waals surface area contributed by atoms with Crippen LogP contribution in [-0.4, -0.2) is 29.7 Å². The fourth-order valence-electron chi connectivity index (χ4n) is 2.60. The van der Waals surface area contributed by atoms with E-state index in [-0.39, 0.29) is 6.04 Å². The highest BCUT2D eigenvalue weighted by molar-refractivity contribution is 5.96. The van der Waals surface area contributed by atoms with E-state index in [1.54, 1.807) is 7.11 Å². The summed E-state index contributed by atoms with van der Waals surface area (Å²) < 4.78 is 5.13. The second-order valence-electron chi connectivity index (χ2n) is 5.64. The number of methoxy groups -OCH3 is 1. The summed E-state index contributed by atoms with van der Waals surface area (Å²) in [4.78, 5) is 8.50. The molecule has 124 valence electrons. The van der Waals surface area contributed by atoms with Crippen molar-refractivity contribution in [2.24, 2.45) is 0 Å². The van der Waals surface area contributed by atoms with E-state index in [0.717, 1.165) is 16.5 Å². The Balaban J connectivity index is 1.90. The Kier molecular flexibility index (Phi) is 4.77. The third-order valence-corrected chi connectivity index (χ3v) is 3.73. The Labute approximate surface area is 141 Å². The number of nitrogen functional groups attached to an aromatic ring is 1. The van der Waals surface area contributed by atoms with E-state index in [4.69, 9.17) is 10.5 Å². The summed E-state index contributed by atoms with van der Waals surface area (Å²) in [6.07, 6.45) is 1.49. The molecule has 1 heterocycles. The van der Waals surface area contributed by atoms with Crippen molar-refractivity contribution in [1.29, 1.82) is 0 Å². The van der Waals surface area contributed by atoms with E-state index in [1.807, 2.05) is 31.2 Å². The first kappa shape index (κ1) is 16.0. The lowest BCUT2D eigenvalue weighted by Gasteiger charge is -2.17. The van der Waals surface area contributed by atoms with Crippen LogP contribution < -0.4 is 16.4 Å². The summed E-state index contributed by atoms with van der Waals surface area (Å²) in [6, 6.07) is 14.3. The van der Waals surface area contributed by atoms with Gasteiger partial charge in [-0.1, -0.05) is 36.4 Å². The fraction of sp³-hybridized carbons (Fsp3) is 0.222. The van der Waals surface area contributed by atoms with Gasteiger partial charge in [0.05, 0.1) is 6.61 Å². The molecular formula is C18H21N5O. The molecule has 6 nitrogen and oxygen atoms in total. The zero-order valence-corrected chi connectivity index (χ0v) is 13.8. The van der Waals surface area contributed by atoms with Crippen molar-refractivity contribution in [3.05, 3.63) is 48.8 Å². The fourth-order valence-corrected chi connectivity index (χ4v) is 2.60. The zero-order chi connectivity index (χ0) is 16.9. The van der Waals surface area contributed by atoms with Gasteiger partial charge in [-0.3, -0.25) is 0 Å². The molecular weight excluding hydrogens is 302 g/mol. The van der Waals surface area contributed by atoms with Crippen molar-refractivity contribution in [1.82, 2.24) is 9.97 Å². The minimum atomic E-state index is 0.0950. The smallest absolute Gasteiger partial charge is 0.159 e. The van der Waals surface area contributed by atoms with E-state index >= 15 is 0 Å². The van der Waals surface area contributed by atoms with Gasteiger partial charge < -0.3 is 21.1 Å². The molecule has 1 unspecified atom stereocenters. The first-order chi connectivity index (χ1) is 11.7. The van der Waals surface area contributed by atoms with Gasteiger partial charge in [-0.05, 0) is 18.4 Å². The molecule has 0 saturated heterocycles. The molecule has 4 N–H and O–H groups in total. The molecule has 0 aliphatic heterocycles. The molecule has 0 spiro atoms. The normalized spacial score (nSPS) is 12.1. The predicted octanol–water partition coefficient (Wildman–Crippen LogP) is 3.40. The summed E-state index contributed by atoms with van der Waals surface area (Å²) in [5, 5.41) is 8.81. The van der Waals surface area contributed by atoms with E-state index in [9.17, 15) is 0 Å². The standard InChI is InChI=1S/C18H21N5O/c1-12(10-24-2)22-17-16(19)18(21-11-20-17)23-15-9-5-7-13-6-3-4-8-14(13)15/h3-9,11-12H,10,19H2,1-2H3,(H2,20,21,22,23). The number of anilines is 4. The molecule has 1 atom stereocenters. The van der Waals surface area contributed by atoms with Crippen LogP contribution in [0.25, 0.3) is 10.8 Å². The van der Waals surface area contributed by atoms with E-state index in [0.29, 0.717) is 23.9 Å². The molecule has 0 fully saturated rings. The number of nitrogens with one attached hydrogen (secondary N) is 2. The number of aromatic nitrogens is 2. The van der Waals surface area contributed by atoms with E-state index in [2.05, 4.69) is 38.8 Å². The van der Waals surface area contributed by atoms with Gasteiger partial charge in [0.1, 0.15) is 12.0 Å². The van der Waals surface area contributed by atoms with Gasteiger partial charge in [0.2, 0.25) is 0 Å². The molecule has 0 saturated carbocycles. The van der Waals surface area contributed by atoms with Crippen molar-refractivity contribution in [3.8, 4) is 0 Å². The average molecular weight is 323 g/mol. The molecule has 0 bridgehead atoms. The molecule has 1 aromatic heterocycles. The number of fused-ring (bicyclic) bond motifs is 1. The van der Waals surface area contributed by atoms with Crippen LogP contribution in [0.1, 0.15) is 6.92 Å².